The predicted molar refractivity (Wildman–Crippen MR) is 228 cm³/mol. The minimum Gasteiger partial charge on any atom is -0.480 e. The van der Waals surface area contributed by atoms with E-state index in [4.69, 9.17) is 16.6 Å². The lowest BCUT2D eigenvalue weighted by molar-refractivity contribution is -0.138. The second kappa shape index (κ2) is 28.9. The van der Waals surface area contributed by atoms with Crippen LogP contribution in [-0.4, -0.2) is 111 Å². The van der Waals surface area contributed by atoms with Crippen molar-refractivity contribution in [1.29, 1.82) is 0 Å². The highest BCUT2D eigenvalue weighted by atomic mass is 16.4. The molecule has 0 aliphatic rings. The van der Waals surface area contributed by atoms with E-state index in [-0.39, 0.29) is 38.2 Å². The van der Waals surface area contributed by atoms with Gasteiger partial charge in [-0.1, -0.05) is 72.1 Å². The predicted octanol–water partition coefficient (Wildman–Crippen LogP) is 0.639. The zero-order chi connectivity index (χ0) is 45.0. The highest BCUT2D eigenvalue weighted by Crippen LogP contribution is 2.19. The Hall–Kier alpha value is -6.47. The Morgan fingerprint density at radius 3 is 1.93 bits per heavy atom. The smallest absolute Gasteiger partial charge is 0.322 e. The fourth-order valence-electron chi connectivity index (χ4n) is 5.62. The van der Waals surface area contributed by atoms with Crippen molar-refractivity contribution in [2.45, 2.75) is 117 Å². The van der Waals surface area contributed by atoms with Crippen LogP contribution in [0.1, 0.15) is 91.3 Å². The first-order chi connectivity index (χ1) is 28.7. The van der Waals surface area contributed by atoms with Crippen molar-refractivity contribution < 1.29 is 38.7 Å². The van der Waals surface area contributed by atoms with E-state index >= 15 is 0 Å². The molecule has 0 saturated carbocycles. The van der Waals surface area contributed by atoms with Gasteiger partial charge in [-0.15, -0.1) is 0 Å². The third-order valence-corrected chi connectivity index (χ3v) is 8.32. The third-order valence-electron chi connectivity index (χ3n) is 8.32. The Balaban J connectivity index is 0.00000344. The first-order valence-corrected chi connectivity index (χ1v) is 20.2. The molecule has 0 aliphatic carbocycles. The van der Waals surface area contributed by atoms with E-state index in [0.29, 0.717) is 24.1 Å². The van der Waals surface area contributed by atoms with E-state index in [2.05, 4.69) is 65.7 Å². The average Bonchev–Trinajstić information content (AvgIpc) is 3.89. The average molecular weight is 841 g/mol. The number of para-hydroxylation sites is 1. The lowest BCUT2D eigenvalue weighted by Gasteiger charge is -2.25. The standard InChI is InChI=1S/C35H50N12O8.C3H8.C2H6/c1-3-4-9-25(44-20(2)48)31(52)41-17-29(49)45-28(14-22-16-38-19-43-22)34(55)47-27(13-21-15-40-24-10-6-5-8-23(21)24)33(54)46-26(11-7-12-39-35(36)37)32(53)42-18-30(50)51;1-3-2;1-2/h5-6,8,10,15-16,19,25-28,40H,3-4,7,9,11-14,17-18H2,1-2H3,(H,38,43)(H,41,52)(H,42,53)(H,44,48)(H,45,49)(H,46,54)(H,47,55)(H,50,51)(H4,36,37,39);3H2,1-2H3;1-2H3/t25?,26?,27-,28?;;/m0../s1. The summed E-state index contributed by atoms with van der Waals surface area (Å²) in [6, 6.07) is 2.64. The minimum atomic E-state index is -1.31. The number of aromatic nitrogens is 3. The van der Waals surface area contributed by atoms with E-state index in [1.807, 2.05) is 45.0 Å². The molecule has 0 saturated heterocycles. The zero-order valence-corrected chi connectivity index (χ0v) is 35.5. The van der Waals surface area contributed by atoms with Crippen molar-refractivity contribution in [3.8, 4) is 0 Å². The second-order valence-electron chi connectivity index (χ2n) is 13.5. The number of fused-ring (bicyclic) bond motifs is 1. The number of H-pyrrole nitrogens is 2. The van der Waals surface area contributed by atoms with Crippen molar-refractivity contribution in [3.05, 3.63) is 54.2 Å². The normalized spacial score (nSPS) is 12.3. The van der Waals surface area contributed by atoms with Gasteiger partial charge in [0, 0.05) is 55.3 Å². The van der Waals surface area contributed by atoms with Gasteiger partial charge < -0.3 is 58.4 Å². The van der Waals surface area contributed by atoms with Gasteiger partial charge in [0.25, 0.3) is 0 Å². The number of carbonyl (C=O) groups is 7. The van der Waals surface area contributed by atoms with E-state index in [1.54, 1.807) is 6.20 Å². The summed E-state index contributed by atoms with van der Waals surface area (Å²) in [7, 11) is 0. The number of benzene rings is 1. The third kappa shape index (κ3) is 19.8. The number of aromatic amines is 2. The number of amides is 6. The molecule has 0 bridgehead atoms. The highest BCUT2D eigenvalue weighted by molar-refractivity contribution is 5.96. The summed E-state index contributed by atoms with van der Waals surface area (Å²) in [5, 5.41) is 25.2. The molecule has 0 radical (unpaired) electrons. The number of aliphatic imine (C=N–C) groups is 1. The van der Waals surface area contributed by atoms with Gasteiger partial charge in [0.15, 0.2) is 5.96 Å². The van der Waals surface area contributed by atoms with Crippen LogP contribution in [0.3, 0.4) is 0 Å². The monoisotopic (exact) mass is 840 g/mol. The fourth-order valence-corrected chi connectivity index (χ4v) is 5.62. The number of carboxylic acid groups (broad SMARTS) is 1. The number of nitrogens with two attached hydrogens (primary N) is 2. The molecular weight excluding hydrogens is 777 g/mol. The number of hydrogen-bond donors (Lipinski definition) is 11. The molecule has 60 heavy (non-hydrogen) atoms. The topological polar surface area (TPSA) is 321 Å². The molecule has 4 atom stereocenters. The van der Waals surface area contributed by atoms with Gasteiger partial charge in [-0.3, -0.25) is 38.6 Å². The molecule has 20 nitrogen and oxygen atoms in total. The Bertz CT molecular complexity index is 1820. The van der Waals surface area contributed by atoms with Crippen LogP contribution in [-0.2, 0) is 46.4 Å². The van der Waals surface area contributed by atoms with Crippen LogP contribution in [0.25, 0.3) is 10.9 Å². The van der Waals surface area contributed by atoms with Crippen LogP contribution in [0.5, 0.6) is 0 Å². The molecule has 6 amide bonds. The summed E-state index contributed by atoms with van der Waals surface area (Å²) >= 11 is 0. The number of nitrogens with one attached hydrogen (secondary N) is 8. The van der Waals surface area contributed by atoms with Crippen LogP contribution < -0.4 is 43.4 Å². The maximum atomic E-state index is 14.0. The van der Waals surface area contributed by atoms with Crippen molar-refractivity contribution >= 4 is 58.3 Å². The summed E-state index contributed by atoms with van der Waals surface area (Å²) in [5.74, 6) is -5.47. The number of aliphatic carboxylic acids is 1. The van der Waals surface area contributed by atoms with Crippen LogP contribution in [0.2, 0.25) is 0 Å². The number of rotatable bonds is 23. The SMILES string of the molecule is CC.CCC.CCCCC(NC(C)=O)C(=O)NCC(=O)NC(Cc1cnc[nH]1)C(=O)N[C@@H](Cc1c[nH]c2ccccc12)C(=O)NC(CCCN=C(N)N)C(=O)NCC(=O)O. The highest BCUT2D eigenvalue weighted by Gasteiger charge is 2.31. The van der Waals surface area contributed by atoms with Crippen molar-refractivity contribution in [3.63, 3.8) is 0 Å². The van der Waals surface area contributed by atoms with Crippen LogP contribution in [0.15, 0.2) is 48.0 Å². The summed E-state index contributed by atoms with van der Waals surface area (Å²) in [5.41, 5.74) is 12.7. The zero-order valence-electron chi connectivity index (χ0n) is 35.5. The van der Waals surface area contributed by atoms with Gasteiger partial charge in [0.05, 0.1) is 12.9 Å². The first kappa shape index (κ1) is 51.5. The molecule has 332 valence electrons. The largest absolute Gasteiger partial charge is 0.480 e. The summed E-state index contributed by atoms with van der Waals surface area (Å²) in [6.45, 7) is 10.4. The summed E-state index contributed by atoms with van der Waals surface area (Å²) in [6.07, 6.45) is 7.72. The molecular formula is C40H64N12O8. The lowest BCUT2D eigenvalue weighted by atomic mass is 10.0. The molecule has 2 aromatic heterocycles. The number of carbonyl (C=O) groups excluding carboxylic acids is 6. The number of imidazole rings is 1. The maximum absolute atomic E-state index is 14.0. The molecule has 3 rings (SSSR count). The van der Waals surface area contributed by atoms with Crippen LogP contribution >= 0.6 is 0 Å². The van der Waals surface area contributed by atoms with Gasteiger partial charge in [0.2, 0.25) is 35.4 Å². The molecule has 3 unspecified atom stereocenters. The molecule has 3 aromatic rings. The molecule has 0 aliphatic heterocycles. The van der Waals surface area contributed by atoms with Crippen molar-refractivity contribution in [2.75, 3.05) is 19.6 Å². The number of hydrogen-bond acceptors (Lipinski definition) is 9. The Morgan fingerprint density at radius 1 is 0.767 bits per heavy atom. The van der Waals surface area contributed by atoms with Gasteiger partial charge >= 0.3 is 5.97 Å². The molecule has 2 heterocycles. The minimum absolute atomic E-state index is 0.0210. The van der Waals surface area contributed by atoms with E-state index in [0.717, 1.165) is 17.3 Å². The van der Waals surface area contributed by atoms with Crippen molar-refractivity contribution in [2.24, 2.45) is 16.5 Å². The number of carboxylic acids is 1. The summed E-state index contributed by atoms with van der Waals surface area (Å²) < 4.78 is 0. The van der Waals surface area contributed by atoms with E-state index in [1.165, 1.54) is 25.9 Å². The van der Waals surface area contributed by atoms with E-state index in [9.17, 15) is 33.6 Å². The Morgan fingerprint density at radius 2 is 1.35 bits per heavy atom. The van der Waals surface area contributed by atoms with Crippen LogP contribution in [0.4, 0.5) is 0 Å². The second-order valence-corrected chi connectivity index (χ2v) is 13.5. The molecule has 1 aromatic carbocycles. The number of nitrogens with zero attached hydrogens (tertiary/aromatic N) is 2. The van der Waals surface area contributed by atoms with Gasteiger partial charge in [-0.2, -0.15) is 0 Å². The fraction of sp³-hybridized carbons (Fsp3) is 0.525. The first-order valence-electron chi connectivity index (χ1n) is 20.2. The maximum Gasteiger partial charge on any atom is 0.322 e. The molecule has 13 N–H and O–H groups in total. The van der Waals surface area contributed by atoms with Crippen molar-refractivity contribution in [1.82, 2.24) is 46.9 Å². The number of unbranched alkanes of at least 4 members (excludes halogenated alkanes) is 1. The lowest BCUT2D eigenvalue weighted by Crippen LogP contribution is -2.58. The molecule has 0 spiro atoms. The molecule has 0 fully saturated rings. The number of guanidine groups is 1. The van der Waals surface area contributed by atoms with Crippen LogP contribution in [0, 0.1) is 0 Å². The van der Waals surface area contributed by atoms with Gasteiger partial charge in [-0.25, -0.2) is 4.98 Å². The van der Waals surface area contributed by atoms with E-state index < -0.39 is 78.7 Å². The Labute approximate surface area is 350 Å². The van der Waals surface area contributed by atoms with Gasteiger partial charge in [-0.05, 0) is 30.9 Å². The quantitative estimate of drug-likeness (QED) is 0.0358. The van der Waals surface area contributed by atoms with Gasteiger partial charge in [0.1, 0.15) is 30.7 Å². The summed E-state index contributed by atoms with van der Waals surface area (Å²) in [4.78, 5) is 104. The molecule has 20 heteroatoms. The Kier molecular flexibility index (Phi) is 24.8.